The van der Waals surface area contributed by atoms with Crippen LogP contribution < -0.4 is 10.1 Å². The molecule has 1 unspecified atom stereocenters. The van der Waals surface area contributed by atoms with Crippen molar-refractivity contribution in [1.82, 2.24) is 5.32 Å². The van der Waals surface area contributed by atoms with Gasteiger partial charge in [-0.3, -0.25) is 0 Å². The van der Waals surface area contributed by atoms with Crippen molar-refractivity contribution in [2.45, 2.75) is 50.3 Å². The number of rotatable bonds is 3. The third-order valence-corrected chi connectivity index (χ3v) is 6.21. The molecule has 1 N–H and O–H groups in total. The molecule has 26 heavy (non-hydrogen) atoms. The Hall–Kier alpha value is -2.32. The molecule has 5 rings (SSSR count). The van der Waals surface area contributed by atoms with Gasteiger partial charge in [0.05, 0.1) is 6.04 Å². The molecule has 3 aromatic carbocycles. The van der Waals surface area contributed by atoms with Gasteiger partial charge in [-0.1, -0.05) is 60.7 Å². The Balaban J connectivity index is 1.43. The van der Waals surface area contributed by atoms with Gasteiger partial charge in [-0.15, -0.1) is 0 Å². The Labute approximate surface area is 155 Å². The highest BCUT2D eigenvalue weighted by Crippen LogP contribution is 2.43. The van der Waals surface area contributed by atoms with Gasteiger partial charge in [0.1, 0.15) is 11.4 Å². The topological polar surface area (TPSA) is 21.3 Å². The second kappa shape index (κ2) is 6.44. The van der Waals surface area contributed by atoms with E-state index in [1.54, 1.807) is 0 Å². The fourth-order valence-corrected chi connectivity index (χ4v) is 4.83. The first-order valence-corrected chi connectivity index (χ1v) is 9.81. The quantitative estimate of drug-likeness (QED) is 0.701. The molecule has 1 atom stereocenters. The summed E-state index contributed by atoms with van der Waals surface area (Å²) < 4.78 is 6.61. The van der Waals surface area contributed by atoms with Gasteiger partial charge in [-0.05, 0) is 60.1 Å². The first-order chi connectivity index (χ1) is 12.8. The molecular formula is C24H25NO. The van der Waals surface area contributed by atoms with Crippen molar-refractivity contribution in [1.29, 1.82) is 0 Å². The van der Waals surface area contributed by atoms with Crippen LogP contribution in [0.4, 0.5) is 0 Å². The fraction of sp³-hybridized carbons (Fsp3) is 0.333. The van der Waals surface area contributed by atoms with Crippen molar-refractivity contribution in [3.63, 3.8) is 0 Å². The van der Waals surface area contributed by atoms with E-state index < -0.39 is 0 Å². The van der Waals surface area contributed by atoms with Crippen LogP contribution in [0.2, 0.25) is 0 Å². The van der Waals surface area contributed by atoms with E-state index in [2.05, 4.69) is 72.0 Å². The summed E-state index contributed by atoms with van der Waals surface area (Å²) in [6.07, 6.45) is 5.92. The molecule has 1 heterocycles. The van der Waals surface area contributed by atoms with Crippen LogP contribution in [0, 0.1) is 0 Å². The summed E-state index contributed by atoms with van der Waals surface area (Å²) in [4.78, 5) is 0. The first-order valence-electron chi connectivity index (χ1n) is 9.81. The van der Waals surface area contributed by atoms with E-state index in [9.17, 15) is 0 Å². The van der Waals surface area contributed by atoms with E-state index in [4.69, 9.17) is 4.74 Å². The summed E-state index contributed by atoms with van der Waals surface area (Å²) in [5, 5.41) is 6.54. The van der Waals surface area contributed by atoms with Gasteiger partial charge in [-0.2, -0.15) is 0 Å². The average molecular weight is 343 g/mol. The zero-order valence-corrected chi connectivity index (χ0v) is 15.1. The molecule has 2 aliphatic rings. The summed E-state index contributed by atoms with van der Waals surface area (Å²) in [5.74, 6) is 1.10. The van der Waals surface area contributed by atoms with Gasteiger partial charge >= 0.3 is 0 Å². The monoisotopic (exact) mass is 343 g/mol. The van der Waals surface area contributed by atoms with Gasteiger partial charge < -0.3 is 10.1 Å². The minimum Gasteiger partial charge on any atom is -0.485 e. The Morgan fingerprint density at radius 3 is 2.58 bits per heavy atom. The molecule has 1 saturated carbocycles. The molecule has 0 bridgehead atoms. The SMILES string of the molecule is c1ccc2c(c1)CC(NCc1cccc3ccccc13)C1(CCCC1)O2. The van der Waals surface area contributed by atoms with Crippen molar-refractivity contribution in [3.8, 4) is 5.75 Å². The van der Waals surface area contributed by atoms with Gasteiger partial charge in [0, 0.05) is 6.54 Å². The summed E-state index contributed by atoms with van der Waals surface area (Å²) in [7, 11) is 0. The Morgan fingerprint density at radius 1 is 0.885 bits per heavy atom. The van der Waals surface area contributed by atoms with Gasteiger partial charge in [0.2, 0.25) is 0 Å². The van der Waals surface area contributed by atoms with Gasteiger partial charge in [-0.25, -0.2) is 0 Å². The van der Waals surface area contributed by atoms with Crippen LogP contribution in [0.3, 0.4) is 0 Å². The lowest BCUT2D eigenvalue weighted by Crippen LogP contribution is -2.56. The van der Waals surface area contributed by atoms with E-state index in [1.807, 2.05) is 0 Å². The van der Waals surface area contributed by atoms with E-state index >= 15 is 0 Å². The normalized spacial score (nSPS) is 20.8. The number of para-hydroxylation sites is 1. The molecule has 1 spiro atoms. The highest BCUT2D eigenvalue weighted by Gasteiger charge is 2.46. The summed E-state index contributed by atoms with van der Waals surface area (Å²) in [5.41, 5.74) is 2.68. The van der Waals surface area contributed by atoms with E-state index in [-0.39, 0.29) is 5.60 Å². The number of nitrogens with one attached hydrogen (secondary N) is 1. The predicted molar refractivity (Wildman–Crippen MR) is 107 cm³/mol. The number of hydrogen-bond donors (Lipinski definition) is 1. The predicted octanol–water partition coefficient (Wildman–Crippen LogP) is 5.25. The molecule has 0 saturated heterocycles. The van der Waals surface area contributed by atoms with Crippen LogP contribution in [0.5, 0.6) is 5.75 Å². The third-order valence-electron chi connectivity index (χ3n) is 6.21. The van der Waals surface area contributed by atoms with Crippen LogP contribution in [0.1, 0.15) is 36.8 Å². The van der Waals surface area contributed by atoms with Crippen molar-refractivity contribution in [2.24, 2.45) is 0 Å². The zero-order valence-electron chi connectivity index (χ0n) is 15.1. The lowest BCUT2D eigenvalue weighted by molar-refractivity contribution is 0.0190. The maximum absolute atomic E-state index is 6.61. The van der Waals surface area contributed by atoms with E-state index in [0.717, 1.165) is 31.6 Å². The largest absolute Gasteiger partial charge is 0.485 e. The zero-order chi connectivity index (χ0) is 17.4. The molecule has 132 valence electrons. The van der Waals surface area contributed by atoms with Crippen LogP contribution in [-0.2, 0) is 13.0 Å². The van der Waals surface area contributed by atoms with Gasteiger partial charge in [0.15, 0.2) is 0 Å². The molecule has 0 aromatic heterocycles. The second-order valence-electron chi connectivity index (χ2n) is 7.76. The maximum atomic E-state index is 6.61. The first kappa shape index (κ1) is 15.9. The molecule has 0 radical (unpaired) electrons. The lowest BCUT2D eigenvalue weighted by atomic mass is 9.84. The van der Waals surface area contributed by atoms with Crippen molar-refractivity contribution >= 4 is 10.8 Å². The number of benzene rings is 3. The molecule has 1 aliphatic heterocycles. The van der Waals surface area contributed by atoms with Crippen LogP contribution >= 0.6 is 0 Å². The molecule has 1 fully saturated rings. The summed E-state index contributed by atoms with van der Waals surface area (Å²) in [6.45, 7) is 0.888. The molecule has 2 nitrogen and oxygen atoms in total. The minimum absolute atomic E-state index is 0.0288. The van der Waals surface area contributed by atoms with Crippen LogP contribution in [-0.4, -0.2) is 11.6 Å². The van der Waals surface area contributed by atoms with Crippen molar-refractivity contribution in [3.05, 3.63) is 77.9 Å². The van der Waals surface area contributed by atoms with E-state index in [0.29, 0.717) is 6.04 Å². The number of ether oxygens (including phenoxy) is 1. The van der Waals surface area contributed by atoms with Crippen molar-refractivity contribution < 1.29 is 4.74 Å². The Bertz CT molecular complexity index is 921. The van der Waals surface area contributed by atoms with Crippen molar-refractivity contribution in [2.75, 3.05) is 0 Å². The fourth-order valence-electron chi connectivity index (χ4n) is 4.83. The molecule has 2 heteroatoms. The van der Waals surface area contributed by atoms with Crippen LogP contribution in [0.25, 0.3) is 10.8 Å². The molecule has 1 aliphatic carbocycles. The molecule has 0 amide bonds. The maximum Gasteiger partial charge on any atom is 0.125 e. The Kier molecular flexibility index (Phi) is 3.94. The summed E-state index contributed by atoms with van der Waals surface area (Å²) in [6, 6.07) is 24.2. The lowest BCUT2D eigenvalue weighted by Gasteiger charge is -2.43. The van der Waals surface area contributed by atoms with Gasteiger partial charge in [0.25, 0.3) is 0 Å². The Morgan fingerprint density at radius 2 is 1.65 bits per heavy atom. The second-order valence-corrected chi connectivity index (χ2v) is 7.76. The minimum atomic E-state index is -0.0288. The average Bonchev–Trinajstić information content (AvgIpc) is 3.15. The number of fused-ring (bicyclic) bond motifs is 2. The smallest absolute Gasteiger partial charge is 0.125 e. The van der Waals surface area contributed by atoms with E-state index in [1.165, 1.54) is 34.7 Å². The standard InChI is InChI=1S/C24H25NO/c1-3-12-21-18(8-1)10-7-11-20(21)17-25-23-16-19-9-2-4-13-22(19)26-24(23)14-5-6-15-24/h1-4,7-13,23,25H,5-6,14-17H2. The number of hydrogen-bond acceptors (Lipinski definition) is 2. The molecule has 3 aromatic rings. The van der Waals surface area contributed by atoms with Crippen LogP contribution in [0.15, 0.2) is 66.7 Å². The molecular weight excluding hydrogens is 318 g/mol. The highest BCUT2D eigenvalue weighted by atomic mass is 16.5. The third kappa shape index (κ3) is 2.69. The summed E-state index contributed by atoms with van der Waals surface area (Å²) >= 11 is 0. The highest BCUT2D eigenvalue weighted by molar-refractivity contribution is 5.85.